The number of carbonyl (C=O) groups is 1. The number of hydrogen-bond donors (Lipinski definition) is 1. The van der Waals surface area contributed by atoms with Gasteiger partial charge in [-0.2, -0.15) is 8.42 Å². The zero-order chi connectivity index (χ0) is 25.0. The molecule has 9 nitrogen and oxygen atoms in total. The molecule has 0 aromatic carbocycles. The van der Waals surface area contributed by atoms with Gasteiger partial charge in [0.2, 0.25) is 5.88 Å². The fourth-order valence-electron chi connectivity index (χ4n) is 3.04. The third-order valence-electron chi connectivity index (χ3n) is 4.98. The van der Waals surface area contributed by atoms with Crippen molar-refractivity contribution in [3.63, 3.8) is 0 Å². The molecule has 1 N–H and O–H groups in total. The highest BCUT2D eigenvalue weighted by atomic mass is 32.2. The first kappa shape index (κ1) is 25.1. The molecule has 3 aromatic rings. The van der Waals surface area contributed by atoms with Gasteiger partial charge in [-0.15, -0.1) is 0 Å². The van der Waals surface area contributed by atoms with E-state index < -0.39 is 15.9 Å². The normalized spacial score (nSPS) is 11.5. The van der Waals surface area contributed by atoms with Gasteiger partial charge in [-0.3, -0.25) is 4.79 Å². The summed E-state index contributed by atoms with van der Waals surface area (Å²) in [6.45, 7) is 9.41. The van der Waals surface area contributed by atoms with Crippen molar-refractivity contribution in [2.45, 2.75) is 51.8 Å². The number of hydrogen-bond acceptors (Lipinski definition) is 8. The number of anilines is 1. The molecular formula is C24H29N5O4S. The summed E-state index contributed by atoms with van der Waals surface area (Å²) in [6.07, 6.45) is 1.65. The molecule has 3 heterocycles. The number of rotatable bonds is 8. The molecule has 180 valence electrons. The van der Waals surface area contributed by atoms with Crippen molar-refractivity contribution >= 4 is 21.7 Å². The SMILES string of the molecule is Cc1cccc(S(=O)(=O)NC(=O)c2ccc(-c3ccc(OC(C)C)nc3)nc2N(C)C(C)C)n1. The van der Waals surface area contributed by atoms with Gasteiger partial charge in [-0.1, -0.05) is 6.07 Å². The molecule has 0 radical (unpaired) electrons. The number of pyridine rings is 3. The molecule has 10 heteroatoms. The smallest absolute Gasteiger partial charge is 0.281 e. The summed E-state index contributed by atoms with van der Waals surface area (Å²) >= 11 is 0. The van der Waals surface area contributed by atoms with E-state index in [1.807, 2.05) is 33.8 Å². The van der Waals surface area contributed by atoms with E-state index in [0.29, 0.717) is 23.1 Å². The molecule has 1 amide bonds. The fraction of sp³-hybridized carbons (Fsp3) is 0.333. The molecule has 0 aliphatic rings. The maximum Gasteiger partial charge on any atom is 0.281 e. The second-order valence-electron chi connectivity index (χ2n) is 8.38. The molecule has 0 saturated heterocycles. The van der Waals surface area contributed by atoms with Crippen molar-refractivity contribution in [3.8, 4) is 17.1 Å². The quantitative estimate of drug-likeness (QED) is 0.517. The van der Waals surface area contributed by atoms with E-state index in [0.717, 1.165) is 5.56 Å². The summed E-state index contributed by atoms with van der Waals surface area (Å²) in [5, 5.41) is -0.223. The first-order valence-corrected chi connectivity index (χ1v) is 12.3. The predicted molar refractivity (Wildman–Crippen MR) is 130 cm³/mol. The predicted octanol–water partition coefficient (Wildman–Crippen LogP) is 3.60. The van der Waals surface area contributed by atoms with Crippen LogP contribution in [-0.2, 0) is 10.0 Å². The van der Waals surface area contributed by atoms with Crippen molar-refractivity contribution in [2.75, 3.05) is 11.9 Å². The van der Waals surface area contributed by atoms with Crippen molar-refractivity contribution in [2.24, 2.45) is 0 Å². The van der Waals surface area contributed by atoms with E-state index in [2.05, 4.69) is 19.7 Å². The van der Waals surface area contributed by atoms with Gasteiger partial charge >= 0.3 is 0 Å². The third kappa shape index (κ3) is 5.88. The van der Waals surface area contributed by atoms with Crippen molar-refractivity contribution < 1.29 is 17.9 Å². The summed E-state index contributed by atoms with van der Waals surface area (Å²) < 4.78 is 33.2. The largest absolute Gasteiger partial charge is 0.475 e. The minimum Gasteiger partial charge on any atom is -0.475 e. The van der Waals surface area contributed by atoms with Crippen LogP contribution >= 0.6 is 0 Å². The van der Waals surface area contributed by atoms with Crippen molar-refractivity contribution in [1.82, 2.24) is 19.7 Å². The number of aryl methyl sites for hydroxylation is 1. The average Bonchev–Trinajstić information content (AvgIpc) is 2.78. The molecule has 0 bridgehead atoms. The Labute approximate surface area is 200 Å². The lowest BCUT2D eigenvalue weighted by Crippen LogP contribution is -2.34. The Balaban J connectivity index is 1.96. The highest BCUT2D eigenvalue weighted by molar-refractivity contribution is 7.90. The maximum absolute atomic E-state index is 13.0. The molecule has 0 saturated carbocycles. The molecule has 0 fully saturated rings. The maximum atomic E-state index is 13.0. The minimum absolute atomic E-state index is 0.00397. The Morgan fingerprint density at radius 3 is 2.35 bits per heavy atom. The summed E-state index contributed by atoms with van der Waals surface area (Å²) in [5.41, 5.74) is 1.98. The van der Waals surface area contributed by atoms with Crippen LogP contribution in [0.15, 0.2) is 53.7 Å². The molecular weight excluding hydrogens is 454 g/mol. The summed E-state index contributed by atoms with van der Waals surface area (Å²) in [4.78, 5) is 27.8. The minimum atomic E-state index is -4.15. The molecule has 3 rings (SSSR count). The van der Waals surface area contributed by atoms with Crippen LogP contribution in [0.25, 0.3) is 11.3 Å². The number of aromatic nitrogens is 3. The number of ether oxygens (including phenoxy) is 1. The number of amides is 1. The van der Waals surface area contributed by atoms with E-state index in [-0.39, 0.29) is 22.7 Å². The summed E-state index contributed by atoms with van der Waals surface area (Å²) in [6, 6.07) is 11.4. The Morgan fingerprint density at radius 2 is 1.76 bits per heavy atom. The molecule has 0 atom stereocenters. The lowest BCUT2D eigenvalue weighted by Gasteiger charge is -2.25. The second-order valence-corrected chi connectivity index (χ2v) is 10.0. The second kappa shape index (κ2) is 10.2. The van der Waals surface area contributed by atoms with Crippen molar-refractivity contribution in [3.05, 3.63) is 59.9 Å². The van der Waals surface area contributed by atoms with Gasteiger partial charge in [0, 0.05) is 36.6 Å². The molecule has 0 aliphatic carbocycles. The molecule has 0 aliphatic heterocycles. The summed E-state index contributed by atoms with van der Waals surface area (Å²) in [5.74, 6) is 0.0628. The van der Waals surface area contributed by atoms with Crippen LogP contribution in [0.2, 0.25) is 0 Å². The fourth-order valence-corrected chi connectivity index (χ4v) is 4.02. The Kier molecular flexibility index (Phi) is 7.51. The summed E-state index contributed by atoms with van der Waals surface area (Å²) in [7, 11) is -2.36. The highest BCUT2D eigenvalue weighted by Gasteiger charge is 2.25. The van der Waals surface area contributed by atoms with Gasteiger partial charge in [0.25, 0.3) is 15.9 Å². The molecule has 3 aromatic heterocycles. The van der Waals surface area contributed by atoms with Gasteiger partial charge in [0.15, 0.2) is 5.03 Å². The van der Waals surface area contributed by atoms with Gasteiger partial charge in [0.05, 0.1) is 17.4 Å². The van der Waals surface area contributed by atoms with Crippen LogP contribution in [0.5, 0.6) is 5.88 Å². The van der Waals surface area contributed by atoms with Gasteiger partial charge in [0.1, 0.15) is 5.82 Å². The van der Waals surface area contributed by atoms with Crippen LogP contribution in [0.3, 0.4) is 0 Å². The van der Waals surface area contributed by atoms with E-state index in [4.69, 9.17) is 4.74 Å². The van der Waals surface area contributed by atoms with Gasteiger partial charge in [-0.05, 0) is 65.0 Å². The third-order valence-corrected chi connectivity index (χ3v) is 6.21. The Bertz CT molecular complexity index is 1270. The monoisotopic (exact) mass is 483 g/mol. The molecule has 0 unspecified atom stereocenters. The zero-order valence-electron chi connectivity index (χ0n) is 20.1. The number of nitrogens with one attached hydrogen (secondary N) is 1. The van der Waals surface area contributed by atoms with Crippen LogP contribution in [0.1, 0.15) is 43.7 Å². The average molecular weight is 484 g/mol. The van der Waals surface area contributed by atoms with Crippen LogP contribution in [-0.4, -0.2) is 48.5 Å². The lowest BCUT2D eigenvalue weighted by molar-refractivity contribution is 0.0981. The van der Waals surface area contributed by atoms with E-state index in [9.17, 15) is 13.2 Å². The standard InChI is InChI=1S/C24H29N5O4S/c1-15(2)29(6)23-19(24(30)28-34(31,32)22-9-7-8-17(5)26-22)11-12-20(27-23)18-10-13-21(25-14-18)33-16(3)4/h7-16H,1-6H3,(H,28,30). The topological polar surface area (TPSA) is 114 Å². The van der Waals surface area contributed by atoms with Crippen LogP contribution in [0, 0.1) is 6.92 Å². The van der Waals surface area contributed by atoms with E-state index in [1.165, 1.54) is 6.07 Å². The van der Waals surface area contributed by atoms with Crippen LogP contribution < -0.4 is 14.4 Å². The first-order valence-electron chi connectivity index (χ1n) is 10.9. The van der Waals surface area contributed by atoms with Crippen LogP contribution in [0.4, 0.5) is 5.82 Å². The molecule has 34 heavy (non-hydrogen) atoms. The number of carbonyl (C=O) groups excluding carboxylic acids is 1. The Hall–Kier alpha value is -3.53. The number of nitrogens with zero attached hydrogens (tertiary/aromatic N) is 4. The first-order chi connectivity index (χ1) is 16.0. The van der Waals surface area contributed by atoms with Gasteiger partial charge in [-0.25, -0.2) is 19.7 Å². The Morgan fingerprint density at radius 1 is 1.03 bits per heavy atom. The van der Waals surface area contributed by atoms with Crippen molar-refractivity contribution in [1.29, 1.82) is 0 Å². The lowest BCUT2D eigenvalue weighted by atomic mass is 10.1. The highest BCUT2D eigenvalue weighted by Crippen LogP contribution is 2.26. The number of sulfonamides is 1. The van der Waals surface area contributed by atoms with E-state index >= 15 is 0 Å². The molecule has 0 spiro atoms. The van der Waals surface area contributed by atoms with E-state index in [1.54, 1.807) is 55.4 Å². The zero-order valence-corrected chi connectivity index (χ0v) is 20.9. The van der Waals surface area contributed by atoms with Gasteiger partial charge < -0.3 is 9.64 Å².